The highest BCUT2D eigenvalue weighted by atomic mass is 32.1. The van der Waals surface area contributed by atoms with Gasteiger partial charge in [-0.25, -0.2) is 19.7 Å². The van der Waals surface area contributed by atoms with E-state index in [4.69, 9.17) is 4.74 Å². The van der Waals surface area contributed by atoms with Crippen molar-refractivity contribution in [1.29, 1.82) is 0 Å². The number of amides is 1. The summed E-state index contributed by atoms with van der Waals surface area (Å²) >= 11 is 2.83. The molecular formula is C38H40N6O4S2. The van der Waals surface area contributed by atoms with E-state index in [2.05, 4.69) is 62.8 Å². The van der Waals surface area contributed by atoms with Crippen LogP contribution in [0.1, 0.15) is 69.2 Å². The number of aromatic nitrogens is 3. The van der Waals surface area contributed by atoms with E-state index in [1.807, 2.05) is 54.6 Å². The molecule has 6 rings (SSSR count). The highest BCUT2D eigenvalue weighted by Gasteiger charge is 2.26. The van der Waals surface area contributed by atoms with Crippen molar-refractivity contribution in [2.75, 3.05) is 43.5 Å². The Hall–Kier alpha value is -4.83. The van der Waals surface area contributed by atoms with Crippen molar-refractivity contribution in [2.45, 2.75) is 46.1 Å². The van der Waals surface area contributed by atoms with Gasteiger partial charge in [-0.15, -0.1) is 11.3 Å². The number of nitrogens with zero attached hydrogens (tertiary/aromatic N) is 5. The maximum absolute atomic E-state index is 13.4. The lowest BCUT2D eigenvalue weighted by atomic mass is 9.94. The van der Waals surface area contributed by atoms with Gasteiger partial charge in [0, 0.05) is 30.1 Å². The second-order valence-corrected chi connectivity index (χ2v) is 14.6. The van der Waals surface area contributed by atoms with E-state index in [1.54, 1.807) is 6.20 Å². The standard InChI is InChI=1S/C38H40N6O4S2/c1-4-25(2)23-43(3)19-8-11-27-16-17-28(22-39-27)48-21-9-15-33-34(36(46)47)41-38(50-33)44-20-18-26-10-7-12-29(30(26)24-44)35(45)42-37-40-31-13-5-6-14-32(31)49-37/h5-7,10,12-14,16-17,22,25H,4,9,15,18-21,23-24H2,1-3H3,(H,46,47)(H,40,42,45). The van der Waals surface area contributed by atoms with Crippen molar-refractivity contribution in [2.24, 2.45) is 5.92 Å². The average Bonchev–Trinajstić information content (AvgIpc) is 3.74. The first-order valence-electron chi connectivity index (χ1n) is 16.8. The molecule has 0 spiro atoms. The number of thiazole rings is 2. The van der Waals surface area contributed by atoms with Gasteiger partial charge in [0.1, 0.15) is 11.4 Å². The van der Waals surface area contributed by atoms with Crippen molar-refractivity contribution in [3.8, 4) is 17.6 Å². The Morgan fingerprint density at radius 1 is 1.12 bits per heavy atom. The number of benzene rings is 2. The Kier molecular flexibility index (Phi) is 11.4. The number of ether oxygens (including phenoxy) is 1. The Morgan fingerprint density at radius 2 is 1.98 bits per heavy atom. The molecular weight excluding hydrogens is 669 g/mol. The summed E-state index contributed by atoms with van der Waals surface area (Å²) in [6.45, 7) is 7.68. The van der Waals surface area contributed by atoms with Crippen molar-refractivity contribution in [1.82, 2.24) is 19.9 Å². The molecule has 3 aromatic heterocycles. The van der Waals surface area contributed by atoms with E-state index in [9.17, 15) is 14.7 Å². The molecule has 2 N–H and O–H groups in total. The van der Waals surface area contributed by atoms with E-state index in [-0.39, 0.29) is 11.6 Å². The third-order valence-corrected chi connectivity index (χ3v) is 10.8. The number of carboxylic acid groups (broad SMARTS) is 1. The number of anilines is 2. The molecule has 1 aliphatic rings. The smallest absolute Gasteiger partial charge is 0.355 e. The van der Waals surface area contributed by atoms with Gasteiger partial charge in [-0.05, 0) is 79.6 Å². The van der Waals surface area contributed by atoms with Crippen LogP contribution < -0.4 is 15.0 Å². The largest absolute Gasteiger partial charge is 0.492 e. The van der Waals surface area contributed by atoms with Gasteiger partial charge in [0.15, 0.2) is 16.0 Å². The van der Waals surface area contributed by atoms with Crippen LogP contribution in [-0.4, -0.2) is 70.1 Å². The summed E-state index contributed by atoms with van der Waals surface area (Å²) < 4.78 is 6.91. The molecule has 0 bridgehead atoms. The minimum absolute atomic E-state index is 0.0667. The van der Waals surface area contributed by atoms with E-state index in [0.29, 0.717) is 77.1 Å². The van der Waals surface area contributed by atoms with Gasteiger partial charge >= 0.3 is 5.97 Å². The number of para-hydroxylation sites is 1. The molecule has 10 nitrogen and oxygen atoms in total. The van der Waals surface area contributed by atoms with E-state index >= 15 is 0 Å². The molecule has 4 heterocycles. The first kappa shape index (κ1) is 35.0. The lowest BCUT2D eigenvalue weighted by molar-refractivity contribution is 0.0690. The van der Waals surface area contributed by atoms with Gasteiger partial charge in [-0.3, -0.25) is 15.0 Å². The lowest BCUT2D eigenvalue weighted by Crippen LogP contribution is -2.32. The number of carbonyl (C=O) groups is 2. The highest BCUT2D eigenvalue weighted by molar-refractivity contribution is 7.22. The van der Waals surface area contributed by atoms with Gasteiger partial charge < -0.3 is 14.7 Å². The van der Waals surface area contributed by atoms with Crippen molar-refractivity contribution in [3.63, 3.8) is 0 Å². The maximum atomic E-state index is 13.4. The van der Waals surface area contributed by atoms with E-state index in [0.717, 1.165) is 40.7 Å². The van der Waals surface area contributed by atoms with Gasteiger partial charge in [-0.2, -0.15) is 0 Å². The third-order valence-electron chi connectivity index (χ3n) is 8.63. The van der Waals surface area contributed by atoms with Crippen molar-refractivity contribution >= 4 is 55.0 Å². The predicted molar refractivity (Wildman–Crippen MR) is 200 cm³/mol. The zero-order chi connectivity index (χ0) is 35.0. The number of carboxylic acids is 1. The van der Waals surface area contributed by atoms with Crippen LogP contribution in [-0.2, 0) is 19.4 Å². The average molecular weight is 709 g/mol. The number of fused-ring (bicyclic) bond motifs is 2. The summed E-state index contributed by atoms with van der Waals surface area (Å²) in [5.41, 5.74) is 4.20. The molecule has 1 unspecified atom stereocenters. The Labute approximate surface area is 300 Å². The van der Waals surface area contributed by atoms with Crippen LogP contribution in [0.5, 0.6) is 5.75 Å². The minimum Gasteiger partial charge on any atom is -0.492 e. The quantitative estimate of drug-likeness (QED) is 0.0984. The van der Waals surface area contributed by atoms with Gasteiger partial charge in [0.05, 0.1) is 29.6 Å². The van der Waals surface area contributed by atoms with Gasteiger partial charge in [0.2, 0.25) is 0 Å². The van der Waals surface area contributed by atoms with E-state index < -0.39 is 5.97 Å². The fraction of sp³-hybridized carbons (Fsp3) is 0.342. The monoisotopic (exact) mass is 708 g/mol. The fourth-order valence-electron chi connectivity index (χ4n) is 5.81. The second-order valence-electron chi connectivity index (χ2n) is 12.5. The summed E-state index contributed by atoms with van der Waals surface area (Å²) in [6, 6.07) is 17.3. The van der Waals surface area contributed by atoms with Crippen LogP contribution in [0.4, 0.5) is 10.3 Å². The molecule has 1 atom stereocenters. The minimum atomic E-state index is -1.05. The van der Waals surface area contributed by atoms with Crippen LogP contribution in [0.3, 0.4) is 0 Å². The summed E-state index contributed by atoms with van der Waals surface area (Å²) in [5, 5.41) is 14.1. The number of nitrogens with one attached hydrogen (secondary N) is 1. The summed E-state index contributed by atoms with van der Waals surface area (Å²) in [4.78, 5) is 44.1. The number of pyridine rings is 1. The fourth-order valence-corrected chi connectivity index (χ4v) is 7.79. The number of aromatic carboxylic acids is 1. The molecule has 258 valence electrons. The predicted octanol–water partition coefficient (Wildman–Crippen LogP) is 7.00. The Morgan fingerprint density at radius 3 is 2.76 bits per heavy atom. The summed E-state index contributed by atoms with van der Waals surface area (Å²) in [5.74, 6) is 6.31. The highest BCUT2D eigenvalue weighted by Crippen LogP contribution is 2.33. The summed E-state index contributed by atoms with van der Waals surface area (Å²) in [7, 11) is 2.08. The number of hydrogen-bond acceptors (Lipinski definition) is 10. The Balaban J connectivity index is 1.05. The molecule has 50 heavy (non-hydrogen) atoms. The van der Waals surface area contributed by atoms with Crippen LogP contribution in [0.2, 0.25) is 0 Å². The molecule has 1 amide bonds. The number of rotatable bonds is 13. The second kappa shape index (κ2) is 16.3. The van der Waals surface area contributed by atoms with Crippen LogP contribution in [0.25, 0.3) is 10.2 Å². The molecule has 12 heteroatoms. The van der Waals surface area contributed by atoms with Crippen LogP contribution >= 0.6 is 22.7 Å². The van der Waals surface area contributed by atoms with E-state index in [1.165, 1.54) is 22.7 Å². The first-order chi connectivity index (χ1) is 24.3. The number of aryl methyl sites for hydroxylation is 1. The Bertz CT molecular complexity index is 2000. The third kappa shape index (κ3) is 8.66. The van der Waals surface area contributed by atoms with Gasteiger partial charge in [-0.1, -0.05) is 61.8 Å². The summed E-state index contributed by atoms with van der Waals surface area (Å²) in [6.07, 6.45) is 4.67. The molecule has 2 aromatic carbocycles. The molecule has 0 saturated heterocycles. The zero-order valence-corrected chi connectivity index (χ0v) is 30.1. The maximum Gasteiger partial charge on any atom is 0.355 e. The molecule has 1 aliphatic heterocycles. The number of hydrogen-bond donors (Lipinski definition) is 2. The first-order valence-corrected chi connectivity index (χ1v) is 18.4. The molecule has 0 aliphatic carbocycles. The van der Waals surface area contributed by atoms with Crippen molar-refractivity contribution < 1.29 is 19.4 Å². The van der Waals surface area contributed by atoms with Crippen LogP contribution in [0, 0.1) is 17.8 Å². The molecule has 0 radical (unpaired) electrons. The normalized spacial score (nSPS) is 13.1. The zero-order valence-electron chi connectivity index (χ0n) is 28.4. The molecule has 0 fully saturated rings. The van der Waals surface area contributed by atoms with Gasteiger partial charge in [0.25, 0.3) is 5.91 Å². The topological polar surface area (TPSA) is 121 Å². The number of carbonyl (C=O) groups excluding carboxylic acids is 1. The van der Waals surface area contributed by atoms with Crippen molar-refractivity contribution in [3.05, 3.63) is 93.7 Å². The SMILES string of the molecule is CCC(C)CN(C)CC#Cc1ccc(OCCCc2sc(N3CCc4cccc(C(=O)Nc5nc6ccccc6s5)c4C3)nc2C(=O)O)cn1. The lowest BCUT2D eigenvalue weighted by Gasteiger charge is -2.29. The molecule has 0 saturated carbocycles. The van der Waals surface area contributed by atoms with Crippen LogP contribution in [0.15, 0.2) is 60.8 Å². The molecule has 5 aromatic rings.